The fraction of sp³-hybridized carbons (Fsp3) is 0.150. The zero-order valence-corrected chi connectivity index (χ0v) is 12.6. The Morgan fingerprint density at radius 3 is 2.27 bits per heavy atom. The minimum Gasteiger partial charge on any atom is -0.256 e. The van der Waals surface area contributed by atoms with Crippen LogP contribution in [0.15, 0.2) is 66.9 Å². The fourth-order valence-electron chi connectivity index (χ4n) is 2.43. The summed E-state index contributed by atoms with van der Waals surface area (Å²) in [6, 6.07) is 19.7. The van der Waals surface area contributed by atoms with Crippen molar-refractivity contribution in [1.29, 1.82) is 0 Å². The quantitative estimate of drug-likeness (QED) is 0.660. The topological polar surface area (TPSA) is 12.9 Å². The lowest BCUT2D eigenvalue weighted by molar-refractivity contribution is 0.616. The van der Waals surface area contributed by atoms with Gasteiger partial charge in [-0.2, -0.15) is 0 Å². The Hall–Kier alpha value is -2.48. The van der Waals surface area contributed by atoms with Crippen LogP contribution in [0, 0.1) is 12.7 Å². The third-order valence-corrected chi connectivity index (χ3v) is 3.83. The van der Waals surface area contributed by atoms with E-state index in [1.807, 2.05) is 42.6 Å². The van der Waals surface area contributed by atoms with Crippen LogP contribution in [0.5, 0.6) is 0 Å². The largest absolute Gasteiger partial charge is 0.256 e. The third kappa shape index (κ3) is 3.40. The molecule has 0 spiro atoms. The summed E-state index contributed by atoms with van der Waals surface area (Å²) < 4.78 is 13.5. The van der Waals surface area contributed by atoms with Crippen molar-refractivity contribution in [2.45, 2.75) is 19.8 Å². The SMILES string of the molecule is Cc1ccc(CCc2ccc(-c3ccccc3)nc2)cc1F. The van der Waals surface area contributed by atoms with Crippen LogP contribution in [0.25, 0.3) is 11.3 Å². The molecule has 0 fully saturated rings. The number of pyridine rings is 1. The van der Waals surface area contributed by atoms with Gasteiger partial charge in [0.25, 0.3) is 0 Å². The van der Waals surface area contributed by atoms with Crippen LogP contribution in [0.3, 0.4) is 0 Å². The summed E-state index contributed by atoms with van der Waals surface area (Å²) >= 11 is 0. The molecular formula is C20H18FN. The Labute approximate surface area is 130 Å². The molecule has 0 amide bonds. The Morgan fingerprint density at radius 1 is 0.864 bits per heavy atom. The smallest absolute Gasteiger partial charge is 0.126 e. The second-order valence-electron chi connectivity index (χ2n) is 5.50. The molecule has 0 N–H and O–H groups in total. The van der Waals surface area contributed by atoms with Crippen LogP contribution in [0.1, 0.15) is 16.7 Å². The van der Waals surface area contributed by atoms with Gasteiger partial charge in [-0.05, 0) is 48.6 Å². The molecule has 0 atom stereocenters. The van der Waals surface area contributed by atoms with Gasteiger partial charge in [0.05, 0.1) is 5.69 Å². The lowest BCUT2D eigenvalue weighted by atomic mass is 10.0. The number of nitrogens with zero attached hydrogens (tertiary/aromatic N) is 1. The van der Waals surface area contributed by atoms with Gasteiger partial charge in [0.2, 0.25) is 0 Å². The number of hydrogen-bond acceptors (Lipinski definition) is 1. The molecule has 3 aromatic rings. The molecule has 2 aromatic carbocycles. The maximum atomic E-state index is 13.5. The Balaban J connectivity index is 1.67. The summed E-state index contributed by atoms with van der Waals surface area (Å²) in [6.45, 7) is 1.78. The number of aromatic nitrogens is 1. The average Bonchev–Trinajstić information content (AvgIpc) is 2.57. The first-order valence-corrected chi connectivity index (χ1v) is 7.48. The molecule has 0 aliphatic rings. The van der Waals surface area contributed by atoms with Gasteiger partial charge in [0.1, 0.15) is 5.82 Å². The highest BCUT2D eigenvalue weighted by atomic mass is 19.1. The molecule has 0 radical (unpaired) electrons. The lowest BCUT2D eigenvalue weighted by Crippen LogP contribution is -1.94. The summed E-state index contributed by atoms with van der Waals surface area (Å²) in [5.74, 6) is -0.130. The predicted molar refractivity (Wildman–Crippen MR) is 88.2 cm³/mol. The van der Waals surface area contributed by atoms with E-state index in [9.17, 15) is 4.39 Å². The van der Waals surface area contributed by atoms with Gasteiger partial charge in [-0.1, -0.05) is 48.5 Å². The van der Waals surface area contributed by atoms with Crippen molar-refractivity contribution in [3.8, 4) is 11.3 Å². The predicted octanol–water partition coefficient (Wildman–Crippen LogP) is 4.98. The molecule has 0 saturated heterocycles. The van der Waals surface area contributed by atoms with Crippen LogP contribution in [-0.4, -0.2) is 4.98 Å². The maximum Gasteiger partial charge on any atom is 0.126 e. The van der Waals surface area contributed by atoms with Crippen LogP contribution < -0.4 is 0 Å². The van der Waals surface area contributed by atoms with Crippen molar-refractivity contribution in [3.63, 3.8) is 0 Å². The molecule has 1 aromatic heterocycles. The summed E-state index contributed by atoms with van der Waals surface area (Å²) in [4.78, 5) is 4.52. The molecule has 110 valence electrons. The highest BCUT2D eigenvalue weighted by Gasteiger charge is 2.02. The fourth-order valence-corrected chi connectivity index (χ4v) is 2.43. The van der Waals surface area contributed by atoms with E-state index in [-0.39, 0.29) is 5.82 Å². The monoisotopic (exact) mass is 291 g/mol. The molecule has 1 heterocycles. The second-order valence-corrected chi connectivity index (χ2v) is 5.50. The summed E-state index contributed by atoms with van der Waals surface area (Å²) in [6.07, 6.45) is 3.60. The molecule has 0 bridgehead atoms. The Morgan fingerprint density at radius 2 is 1.59 bits per heavy atom. The van der Waals surface area contributed by atoms with Crippen molar-refractivity contribution in [2.24, 2.45) is 0 Å². The van der Waals surface area contributed by atoms with E-state index in [1.54, 1.807) is 13.0 Å². The normalized spacial score (nSPS) is 10.6. The zero-order chi connectivity index (χ0) is 15.4. The van der Waals surface area contributed by atoms with Crippen molar-refractivity contribution in [3.05, 3.63) is 89.4 Å². The molecule has 0 saturated carbocycles. The first kappa shape index (κ1) is 14.5. The van der Waals surface area contributed by atoms with Gasteiger partial charge in [0.15, 0.2) is 0 Å². The molecular weight excluding hydrogens is 273 g/mol. The highest BCUT2D eigenvalue weighted by Crippen LogP contribution is 2.17. The van der Waals surface area contributed by atoms with Crippen LogP contribution in [0.4, 0.5) is 4.39 Å². The van der Waals surface area contributed by atoms with E-state index >= 15 is 0 Å². The number of rotatable bonds is 4. The van der Waals surface area contributed by atoms with Crippen molar-refractivity contribution in [1.82, 2.24) is 4.98 Å². The summed E-state index contributed by atoms with van der Waals surface area (Å²) in [7, 11) is 0. The van der Waals surface area contributed by atoms with E-state index in [2.05, 4.69) is 23.2 Å². The van der Waals surface area contributed by atoms with Gasteiger partial charge in [-0.15, -0.1) is 0 Å². The van der Waals surface area contributed by atoms with Gasteiger partial charge in [-0.3, -0.25) is 4.98 Å². The standard InChI is InChI=1S/C20H18FN/c1-15-7-8-16(13-19(15)21)9-10-17-11-12-20(22-14-17)18-5-3-2-4-6-18/h2-8,11-14H,9-10H2,1H3. The number of benzene rings is 2. The molecule has 1 nitrogen and oxygen atoms in total. The van der Waals surface area contributed by atoms with Crippen molar-refractivity contribution < 1.29 is 4.39 Å². The number of hydrogen-bond donors (Lipinski definition) is 0. The maximum absolute atomic E-state index is 13.5. The first-order valence-electron chi connectivity index (χ1n) is 7.48. The minimum atomic E-state index is -0.130. The van der Waals surface area contributed by atoms with Crippen LogP contribution >= 0.6 is 0 Å². The van der Waals surface area contributed by atoms with Crippen molar-refractivity contribution in [2.75, 3.05) is 0 Å². The molecule has 22 heavy (non-hydrogen) atoms. The molecule has 0 unspecified atom stereocenters. The number of aryl methyl sites for hydroxylation is 3. The van der Waals surface area contributed by atoms with E-state index in [0.717, 1.165) is 29.7 Å². The highest BCUT2D eigenvalue weighted by molar-refractivity contribution is 5.58. The third-order valence-electron chi connectivity index (χ3n) is 3.83. The van der Waals surface area contributed by atoms with Gasteiger partial charge < -0.3 is 0 Å². The van der Waals surface area contributed by atoms with E-state index in [4.69, 9.17) is 0 Å². The van der Waals surface area contributed by atoms with Gasteiger partial charge in [-0.25, -0.2) is 4.39 Å². The number of halogens is 1. The summed E-state index contributed by atoms with van der Waals surface area (Å²) in [5.41, 5.74) is 4.98. The van der Waals surface area contributed by atoms with Crippen molar-refractivity contribution >= 4 is 0 Å². The Kier molecular flexibility index (Phi) is 4.29. The Bertz CT molecular complexity index is 748. The molecule has 0 aliphatic heterocycles. The second kappa shape index (κ2) is 6.52. The lowest BCUT2D eigenvalue weighted by Gasteiger charge is -2.05. The van der Waals surface area contributed by atoms with Crippen LogP contribution in [0.2, 0.25) is 0 Å². The van der Waals surface area contributed by atoms with E-state index in [0.29, 0.717) is 5.56 Å². The summed E-state index contributed by atoms with van der Waals surface area (Å²) in [5, 5.41) is 0. The average molecular weight is 291 g/mol. The van der Waals surface area contributed by atoms with Gasteiger partial charge in [0, 0.05) is 11.8 Å². The molecule has 0 aliphatic carbocycles. The molecule has 3 rings (SSSR count). The van der Waals surface area contributed by atoms with E-state index in [1.165, 1.54) is 5.56 Å². The molecule has 2 heteroatoms. The zero-order valence-electron chi connectivity index (χ0n) is 12.6. The van der Waals surface area contributed by atoms with Crippen LogP contribution in [-0.2, 0) is 12.8 Å². The minimum absolute atomic E-state index is 0.130. The first-order chi connectivity index (χ1) is 10.7. The van der Waals surface area contributed by atoms with E-state index < -0.39 is 0 Å². The van der Waals surface area contributed by atoms with Gasteiger partial charge >= 0.3 is 0 Å².